The lowest BCUT2D eigenvalue weighted by atomic mass is 9.84. The van der Waals surface area contributed by atoms with E-state index in [0.717, 1.165) is 17.5 Å². The molecular formula is C25H32N2O5. The highest BCUT2D eigenvalue weighted by Crippen LogP contribution is 2.37. The Morgan fingerprint density at radius 1 is 1.03 bits per heavy atom. The number of piperidine rings is 1. The minimum Gasteiger partial charge on any atom is -0.497 e. The molecule has 1 N–H and O–H groups in total. The molecule has 0 aliphatic carbocycles. The topological polar surface area (TPSA) is 77.1 Å². The lowest BCUT2D eigenvalue weighted by Crippen LogP contribution is -2.48. The van der Waals surface area contributed by atoms with Gasteiger partial charge in [0.1, 0.15) is 17.1 Å². The van der Waals surface area contributed by atoms with Gasteiger partial charge in [0.2, 0.25) is 5.91 Å². The van der Waals surface area contributed by atoms with E-state index in [9.17, 15) is 9.59 Å². The van der Waals surface area contributed by atoms with Crippen LogP contribution in [0.1, 0.15) is 43.7 Å². The van der Waals surface area contributed by atoms with Crippen molar-refractivity contribution < 1.29 is 23.8 Å². The third kappa shape index (κ3) is 5.52. The Morgan fingerprint density at radius 2 is 1.75 bits per heavy atom. The van der Waals surface area contributed by atoms with E-state index in [-0.39, 0.29) is 12.5 Å². The molecule has 7 nitrogen and oxygen atoms in total. The number of alkyl carbamates (subject to hydrolysis) is 1. The average Bonchev–Trinajstić information content (AvgIpc) is 2.83. The smallest absolute Gasteiger partial charge is 0.408 e. The van der Waals surface area contributed by atoms with Gasteiger partial charge in [-0.2, -0.15) is 0 Å². The number of hydrogen-bond donors (Lipinski definition) is 1. The molecule has 1 heterocycles. The number of likely N-dealkylation sites (tertiary alicyclic amines) is 1. The van der Waals surface area contributed by atoms with Crippen molar-refractivity contribution in [1.29, 1.82) is 0 Å². The Morgan fingerprint density at radius 3 is 2.38 bits per heavy atom. The van der Waals surface area contributed by atoms with Gasteiger partial charge in [0.25, 0.3) is 0 Å². The number of benzene rings is 2. The van der Waals surface area contributed by atoms with Crippen molar-refractivity contribution in [2.45, 2.75) is 44.8 Å². The predicted octanol–water partition coefficient (Wildman–Crippen LogP) is 4.25. The van der Waals surface area contributed by atoms with Crippen LogP contribution >= 0.6 is 0 Å². The summed E-state index contributed by atoms with van der Waals surface area (Å²) in [7, 11) is 3.17. The Hall–Kier alpha value is -3.22. The zero-order valence-corrected chi connectivity index (χ0v) is 19.1. The Balaban J connectivity index is 1.70. The maximum Gasteiger partial charge on any atom is 0.408 e. The number of nitrogens with one attached hydrogen (secondary N) is 1. The van der Waals surface area contributed by atoms with E-state index in [1.807, 2.05) is 54.3 Å². The molecule has 2 aromatic rings. The summed E-state index contributed by atoms with van der Waals surface area (Å²) in [5.74, 6) is 1.47. The number of carbonyl (C=O) groups excluding carboxylic acids is 2. The molecule has 32 heavy (non-hydrogen) atoms. The minimum absolute atomic E-state index is 0.158. The van der Waals surface area contributed by atoms with Gasteiger partial charge >= 0.3 is 6.09 Å². The Kier molecular flexibility index (Phi) is 7.98. The second kappa shape index (κ2) is 10.9. The van der Waals surface area contributed by atoms with Crippen molar-refractivity contribution in [3.8, 4) is 11.5 Å². The van der Waals surface area contributed by atoms with Crippen molar-refractivity contribution in [3.05, 3.63) is 59.7 Å². The fourth-order valence-corrected chi connectivity index (χ4v) is 4.06. The van der Waals surface area contributed by atoms with Crippen LogP contribution < -0.4 is 14.8 Å². The first-order valence-corrected chi connectivity index (χ1v) is 11.0. The molecule has 7 heteroatoms. The van der Waals surface area contributed by atoms with E-state index in [2.05, 4.69) is 5.32 Å². The number of carbonyl (C=O) groups is 2. The Bertz CT molecular complexity index is 908. The molecule has 172 valence electrons. The van der Waals surface area contributed by atoms with Crippen LogP contribution in [0.3, 0.4) is 0 Å². The van der Waals surface area contributed by atoms with E-state index in [4.69, 9.17) is 14.2 Å². The molecule has 0 unspecified atom stereocenters. The monoisotopic (exact) mass is 440 g/mol. The van der Waals surface area contributed by atoms with Crippen LogP contribution in [0.15, 0.2) is 48.5 Å². The molecule has 1 aliphatic rings. The number of ether oxygens (including phenoxy) is 3. The maximum atomic E-state index is 12.8. The van der Waals surface area contributed by atoms with E-state index in [1.165, 1.54) is 0 Å². The molecule has 3 rings (SSSR count). The summed E-state index contributed by atoms with van der Waals surface area (Å²) >= 11 is 0. The highest BCUT2D eigenvalue weighted by Gasteiger charge is 2.40. The summed E-state index contributed by atoms with van der Waals surface area (Å²) in [5.41, 5.74) is 0.997. The van der Waals surface area contributed by atoms with Gasteiger partial charge in [0.15, 0.2) is 0 Å². The highest BCUT2D eigenvalue weighted by molar-refractivity contribution is 5.76. The van der Waals surface area contributed by atoms with Crippen LogP contribution in [0, 0.1) is 0 Å². The second-order valence-corrected chi connectivity index (χ2v) is 7.91. The first kappa shape index (κ1) is 23.4. The summed E-state index contributed by atoms with van der Waals surface area (Å²) in [6.07, 6.45) is 1.99. The predicted molar refractivity (Wildman–Crippen MR) is 122 cm³/mol. The molecule has 0 spiro atoms. The van der Waals surface area contributed by atoms with Gasteiger partial charge in [0, 0.05) is 50.5 Å². The third-order valence-corrected chi connectivity index (χ3v) is 5.89. The molecule has 1 fully saturated rings. The van der Waals surface area contributed by atoms with Crippen molar-refractivity contribution in [2.24, 2.45) is 0 Å². The van der Waals surface area contributed by atoms with Crippen molar-refractivity contribution >= 4 is 12.0 Å². The van der Waals surface area contributed by atoms with E-state index < -0.39 is 11.7 Å². The van der Waals surface area contributed by atoms with Crippen LogP contribution in [0.25, 0.3) is 0 Å². The molecule has 1 aliphatic heterocycles. The number of amides is 2. The zero-order valence-electron chi connectivity index (χ0n) is 19.1. The highest BCUT2D eigenvalue weighted by atomic mass is 16.6. The van der Waals surface area contributed by atoms with Crippen molar-refractivity contribution in [2.75, 3.05) is 27.3 Å². The molecule has 0 radical (unpaired) electrons. The normalized spacial score (nSPS) is 15.0. The van der Waals surface area contributed by atoms with E-state index in [1.54, 1.807) is 20.3 Å². The summed E-state index contributed by atoms with van der Waals surface area (Å²) in [5, 5.41) is 2.84. The molecule has 0 aromatic heterocycles. The molecule has 2 amide bonds. The molecule has 0 atom stereocenters. The lowest BCUT2D eigenvalue weighted by Gasteiger charge is -2.41. The minimum atomic E-state index is -0.766. The molecule has 1 saturated heterocycles. The molecule has 2 aromatic carbocycles. The fourth-order valence-electron chi connectivity index (χ4n) is 4.06. The van der Waals surface area contributed by atoms with Crippen LogP contribution in [0.4, 0.5) is 4.79 Å². The standard InChI is InChI=1S/C25H32N2O5/c1-4-8-23(28)27-15-13-25(14-16-27,20-9-6-5-7-10-20)32-24(29)26-18-19-11-12-21(30-2)17-22(19)31-3/h5-7,9-12,17H,4,8,13-16,18H2,1-3H3,(H,26,29). The SMILES string of the molecule is CCCC(=O)N1CCC(OC(=O)NCc2ccc(OC)cc2OC)(c2ccccc2)CC1. The van der Waals surface area contributed by atoms with Gasteiger partial charge in [-0.15, -0.1) is 0 Å². The lowest BCUT2D eigenvalue weighted by molar-refractivity contribution is -0.135. The quantitative estimate of drug-likeness (QED) is 0.664. The van der Waals surface area contributed by atoms with Crippen LogP contribution in [-0.4, -0.2) is 44.2 Å². The number of methoxy groups -OCH3 is 2. The number of hydrogen-bond acceptors (Lipinski definition) is 5. The molecule has 0 saturated carbocycles. The fraction of sp³-hybridized carbons (Fsp3) is 0.440. The van der Waals surface area contributed by atoms with Crippen molar-refractivity contribution in [3.63, 3.8) is 0 Å². The number of nitrogens with zero attached hydrogens (tertiary/aromatic N) is 1. The number of rotatable bonds is 8. The largest absolute Gasteiger partial charge is 0.497 e. The van der Waals surface area contributed by atoms with Gasteiger partial charge < -0.3 is 24.4 Å². The van der Waals surface area contributed by atoms with Crippen LogP contribution in [0.5, 0.6) is 11.5 Å². The van der Waals surface area contributed by atoms with E-state index in [0.29, 0.717) is 43.9 Å². The first-order valence-electron chi connectivity index (χ1n) is 11.0. The third-order valence-electron chi connectivity index (χ3n) is 5.89. The first-order chi connectivity index (χ1) is 15.5. The Labute approximate surface area is 189 Å². The van der Waals surface area contributed by atoms with Gasteiger partial charge in [-0.1, -0.05) is 37.3 Å². The summed E-state index contributed by atoms with van der Waals surface area (Å²) < 4.78 is 16.7. The van der Waals surface area contributed by atoms with Crippen LogP contribution in [0.2, 0.25) is 0 Å². The maximum absolute atomic E-state index is 12.8. The summed E-state index contributed by atoms with van der Waals surface area (Å²) in [6, 6.07) is 15.2. The summed E-state index contributed by atoms with van der Waals surface area (Å²) in [6.45, 7) is 3.39. The van der Waals surface area contributed by atoms with Crippen LogP contribution in [-0.2, 0) is 21.7 Å². The average molecular weight is 441 g/mol. The van der Waals surface area contributed by atoms with E-state index >= 15 is 0 Å². The molecular weight excluding hydrogens is 408 g/mol. The molecule has 0 bridgehead atoms. The van der Waals surface area contributed by atoms with Gasteiger partial charge in [-0.3, -0.25) is 4.79 Å². The zero-order chi connectivity index (χ0) is 23.0. The summed E-state index contributed by atoms with van der Waals surface area (Å²) in [4.78, 5) is 27.0. The van der Waals surface area contributed by atoms with Gasteiger partial charge in [0.05, 0.1) is 14.2 Å². The van der Waals surface area contributed by atoms with Gasteiger partial charge in [-0.25, -0.2) is 4.79 Å². The second-order valence-electron chi connectivity index (χ2n) is 7.91. The van der Waals surface area contributed by atoms with Crippen molar-refractivity contribution in [1.82, 2.24) is 10.2 Å². The van der Waals surface area contributed by atoms with Gasteiger partial charge in [-0.05, 0) is 24.1 Å².